The lowest BCUT2D eigenvalue weighted by atomic mass is 10.2. The second kappa shape index (κ2) is 8.12. The number of thiophene rings is 1. The molecule has 2 aliphatic rings. The molecule has 31 heavy (non-hydrogen) atoms. The van der Waals surface area contributed by atoms with Gasteiger partial charge in [-0.05, 0) is 32.3 Å². The highest BCUT2D eigenvalue weighted by Crippen LogP contribution is 2.41. The van der Waals surface area contributed by atoms with Gasteiger partial charge in [-0.1, -0.05) is 0 Å². The van der Waals surface area contributed by atoms with Gasteiger partial charge in [0.15, 0.2) is 0 Å². The van der Waals surface area contributed by atoms with Crippen LogP contribution in [0.4, 0.5) is 4.79 Å². The van der Waals surface area contributed by atoms with Crippen molar-refractivity contribution in [2.24, 2.45) is 4.99 Å². The molecule has 3 heterocycles. The van der Waals surface area contributed by atoms with Crippen molar-refractivity contribution < 1.29 is 14.3 Å². The summed E-state index contributed by atoms with van der Waals surface area (Å²) in [6, 6.07) is 0. The Morgan fingerprint density at radius 2 is 2.03 bits per heavy atom. The maximum absolute atomic E-state index is 13.4. The molecule has 2 aromatic heterocycles. The number of amides is 1. The van der Waals surface area contributed by atoms with Gasteiger partial charge in [-0.2, -0.15) is 0 Å². The third-order valence-corrected chi connectivity index (χ3v) is 7.31. The molecule has 168 valence electrons. The first-order valence-corrected chi connectivity index (χ1v) is 11.0. The molecular weight excluding hydrogens is 422 g/mol. The van der Waals surface area contributed by atoms with E-state index in [0.29, 0.717) is 49.0 Å². The van der Waals surface area contributed by atoms with Gasteiger partial charge in [0.05, 0.1) is 37.7 Å². The molecule has 0 atom stereocenters. The van der Waals surface area contributed by atoms with Gasteiger partial charge >= 0.3 is 11.8 Å². The van der Waals surface area contributed by atoms with Gasteiger partial charge in [-0.15, -0.1) is 16.3 Å². The number of rotatable bonds is 6. The number of nitrogens with zero attached hydrogens (tertiary/aromatic N) is 4. The first-order chi connectivity index (χ1) is 14.8. The van der Waals surface area contributed by atoms with Gasteiger partial charge in [-0.25, -0.2) is 9.59 Å². The van der Waals surface area contributed by atoms with Gasteiger partial charge < -0.3 is 19.7 Å². The van der Waals surface area contributed by atoms with Gasteiger partial charge in [0, 0.05) is 25.1 Å². The van der Waals surface area contributed by atoms with Crippen LogP contribution in [0.25, 0.3) is 10.2 Å². The Bertz CT molecular complexity index is 1170. The number of aryl methyl sites for hydroxylation is 1. The average Bonchev–Trinajstić information content (AvgIpc) is 3.18. The zero-order chi connectivity index (χ0) is 22.3. The van der Waals surface area contributed by atoms with Crippen molar-refractivity contribution in [3.63, 3.8) is 0 Å². The molecule has 2 aromatic rings. The lowest BCUT2D eigenvalue weighted by Gasteiger charge is -2.16. The van der Waals surface area contributed by atoms with Crippen LogP contribution in [0.3, 0.4) is 0 Å². The minimum Gasteiger partial charge on any atom is -0.451 e. The molecule has 0 aromatic carbocycles. The van der Waals surface area contributed by atoms with E-state index >= 15 is 0 Å². The number of hydrogen-bond donors (Lipinski definition) is 1. The summed E-state index contributed by atoms with van der Waals surface area (Å²) in [6.07, 6.45) is 0.970. The lowest BCUT2D eigenvalue weighted by molar-refractivity contribution is 0.182. The number of ether oxygens (including phenoxy) is 2. The zero-order valence-corrected chi connectivity index (χ0v) is 19.0. The van der Waals surface area contributed by atoms with Crippen LogP contribution in [0.1, 0.15) is 30.2 Å². The van der Waals surface area contributed by atoms with E-state index in [2.05, 4.69) is 15.0 Å². The first kappa shape index (κ1) is 21.6. The van der Waals surface area contributed by atoms with Gasteiger partial charge in [-0.3, -0.25) is 13.9 Å². The van der Waals surface area contributed by atoms with E-state index in [-0.39, 0.29) is 11.2 Å². The topological polar surface area (TPSA) is 107 Å². The molecule has 10 nitrogen and oxygen atoms in total. The number of fused-ring (bicyclic) bond motifs is 1. The van der Waals surface area contributed by atoms with Gasteiger partial charge in [0.25, 0.3) is 5.56 Å². The molecule has 1 aliphatic carbocycles. The number of hydrogen-bond acceptors (Lipinski definition) is 6. The number of nitrogens with one attached hydrogen (secondary N) is 1. The van der Waals surface area contributed by atoms with E-state index in [4.69, 9.17) is 4.74 Å². The Kier molecular flexibility index (Phi) is 5.65. The van der Waals surface area contributed by atoms with Crippen molar-refractivity contribution in [1.29, 1.82) is 0 Å². The number of carbonyl (C=O) groups excluding carboxylic acids is 1. The first-order valence-electron chi connectivity index (χ1n) is 10.2. The fourth-order valence-corrected chi connectivity index (χ4v) is 5.22. The second-order valence-corrected chi connectivity index (χ2v) is 9.23. The highest BCUT2D eigenvalue weighted by Gasteiger charge is 2.43. The van der Waals surface area contributed by atoms with Crippen LogP contribution in [-0.4, -0.2) is 60.0 Å². The van der Waals surface area contributed by atoms with Crippen LogP contribution in [0.5, 0.6) is 0 Å². The molecule has 1 saturated carbocycles. The third-order valence-electron chi connectivity index (χ3n) is 6.01. The Labute approximate surface area is 183 Å². The predicted octanol–water partition coefficient (Wildman–Crippen LogP) is 1.22. The van der Waals surface area contributed by atoms with Gasteiger partial charge in [0.2, 0.25) is 5.96 Å². The molecule has 0 bridgehead atoms. The van der Waals surface area contributed by atoms with Crippen molar-refractivity contribution in [2.75, 3.05) is 33.9 Å². The molecule has 2 fully saturated rings. The second-order valence-electron chi connectivity index (χ2n) is 8.15. The summed E-state index contributed by atoms with van der Waals surface area (Å²) in [5.74, 6) is 0.448. The van der Waals surface area contributed by atoms with E-state index in [1.165, 1.54) is 23.0 Å². The quantitative estimate of drug-likeness (QED) is 0.706. The summed E-state index contributed by atoms with van der Waals surface area (Å²) < 4.78 is 12.9. The summed E-state index contributed by atoms with van der Waals surface area (Å²) in [5.41, 5.74) is -0.0569. The molecule has 0 radical (unpaired) electrons. The summed E-state index contributed by atoms with van der Waals surface area (Å²) in [4.78, 5) is 45.7. The Morgan fingerprint density at radius 1 is 1.29 bits per heavy atom. The lowest BCUT2D eigenvalue weighted by Crippen LogP contribution is -2.45. The number of carbonyl (C=O) groups is 1. The monoisotopic (exact) mass is 449 g/mol. The Hall–Kier alpha value is -2.66. The summed E-state index contributed by atoms with van der Waals surface area (Å²) in [5, 5.41) is 3.67. The van der Waals surface area contributed by atoms with Crippen molar-refractivity contribution in [3.8, 4) is 0 Å². The molecule has 1 saturated heterocycles. The van der Waals surface area contributed by atoms with E-state index < -0.39 is 11.6 Å². The largest absolute Gasteiger partial charge is 0.451 e. The maximum Gasteiger partial charge on any atom is 0.436 e. The normalized spacial score (nSPS) is 18.6. The minimum absolute atomic E-state index is 0.225. The molecule has 1 N–H and O–H groups in total. The van der Waals surface area contributed by atoms with Crippen LogP contribution >= 0.6 is 11.3 Å². The van der Waals surface area contributed by atoms with E-state index in [1.807, 2.05) is 18.7 Å². The number of aliphatic imine (C=N–C) groups is 1. The van der Waals surface area contributed by atoms with E-state index in [9.17, 15) is 14.4 Å². The van der Waals surface area contributed by atoms with Crippen LogP contribution in [0.2, 0.25) is 0 Å². The maximum atomic E-state index is 13.4. The molecule has 1 aliphatic heterocycles. The number of guanidine groups is 1. The van der Waals surface area contributed by atoms with Crippen LogP contribution in [0, 0.1) is 6.92 Å². The molecule has 4 rings (SSSR count). The third kappa shape index (κ3) is 3.76. The zero-order valence-electron chi connectivity index (χ0n) is 18.2. The predicted molar refractivity (Wildman–Crippen MR) is 118 cm³/mol. The van der Waals surface area contributed by atoms with E-state index in [1.54, 1.807) is 11.7 Å². The molecule has 0 spiro atoms. The SMILES string of the molecule is COCCn1c(=O)n(C2(C)CC2)c(=O)c2c(C)c(CN3CCNC3=NC(=O)OC)sc21. The molecule has 1 amide bonds. The summed E-state index contributed by atoms with van der Waals surface area (Å²) in [7, 11) is 2.88. The fraction of sp³-hybridized carbons (Fsp3) is 0.600. The van der Waals surface area contributed by atoms with Crippen LogP contribution in [-0.2, 0) is 28.1 Å². The smallest absolute Gasteiger partial charge is 0.436 e. The fourth-order valence-electron chi connectivity index (χ4n) is 3.89. The summed E-state index contributed by atoms with van der Waals surface area (Å²) in [6.45, 7) is 6.43. The van der Waals surface area contributed by atoms with E-state index in [0.717, 1.165) is 23.3 Å². The van der Waals surface area contributed by atoms with Crippen molar-refractivity contribution in [1.82, 2.24) is 19.4 Å². The molecular formula is C20H27N5O5S. The Morgan fingerprint density at radius 3 is 2.68 bits per heavy atom. The number of aromatic nitrogens is 2. The van der Waals surface area contributed by atoms with Crippen LogP contribution < -0.4 is 16.6 Å². The van der Waals surface area contributed by atoms with Crippen molar-refractivity contribution in [3.05, 3.63) is 31.3 Å². The molecule has 0 unspecified atom stereocenters. The highest BCUT2D eigenvalue weighted by atomic mass is 32.1. The Balaban J connectivity index is 1.82. The number of methoxy groups -OCH3 is 2. The minimum atomic E-state index is -0.670. The van der Waals surface area contributed by atoms with Crippen molar-refractivity contribution >= 4 is 33.6 Å². The standard InChI is InChI=1S/C20H27N5O5S/c1-12-13(11-23-8-7-21-17(23)22-18(27)30-4)31-16-14(12)15(26)25(20(2)5-6-20)19(28)24(16)9-10-29-3/h5-11H2,1-4H3,(H,21,22,27). The van der Waals surface area contributed by atoms with Crippen molar-refractivity contribution in [2.45, 2.75) is 45.3 Å². The molecule has 11 heteroatoms. The summed E-state index contributed by atoms with van der Waals surface area (Å²) >= 11 is 1.44. The van der Waals surface area contributed by atoms with Gasteiger partial charge in [0.1, 0.15) is 4.83 Å². The average molecular weight is 450 g/mol. The van der Waals surface area contributed by atoms with Crippen LogP contribution in [0.15, 0.2) is 14.6 Å². The highest BCUT2D eigenvalue weighted by molar-refractivity contribution is 7.18.